The maximum Gasteiger partial charge on any atom is 0.323 e. The fraction of sp³-hybridized carbons (Fsp3) is 0. The van der Waals surface area contributed by atoms with Crippen molar-refractivity contribution in [1.29, 1.82) is 5.26 Å². The molecule has 3 aromatic carbocycles. The molecule has 2 N–H and O–H groups in total. The fourth-order valence-electron chi connectivity index (χ4n) is 3.06. The van der Waals surface area contributed by atoms with E-state index in [-0.39, 0.29) is 22.5 Å². The highest BCUT2D eigenvalue weighted by Gasteiger charge is 2.23. The smallest absolute Gasteiger partial charge is 0.308 e. The van der Waals surface area contributed by atoms with Crippen molar-refractivity contribution in [1.82, 2.24) is 9.97 Å². The number of carbonyl (C=O) groups excluding carboxylic acids is 2. The molecule has 0 saturated heterocycles. The number of benzene rings is 3. The number of hydrogen-bond donors (Lipinski definition) is 2. The van der Waals surface area contributed by atoms with Gasteiger partial charge in [0.15, 0.2) is 17.3 Å². The first-order valence-electron chi connectivity index (χ1n) is 9.39. The highest BCUT2D eigenvalue weighted by molar-refractivity contribution is 6.11. The van der Waals surface area contributed by atoms with Crippen LogP contribution in [-0.2, 0) is 0 Å². The summed E-state index contributed by atoms with van der Waals surface area (Å²) < 4.78 is 42.7. The molecular weight excluding hydrogens is 435 g/mol. The number of ketones is 1. The molecule has 0 atom stereocenters. The second-order valence-corrected chi connectivity index (χ2v) is 6.77. The molecule has 10 heteroatoms. The SMILES string of the molecule is N#Cc1cnc2ccc(C(=O)c3c(F)ccc(NC(=O)Nc4cccc(F)c4)c3F)cc2n1. The maximum atomic E-state index is 15.0. The molecule has 0 spiro atoms. The number of fused-ring (bicyclic) bond motifs is 1. The largest absolute Gasteiger partial charge is 0.323 e. The molecule has 0 unspecified atom stereocenters. The summed E-state index contributed by atoms with van der Waals surface area (Å²) in [6.45, 7) is 0. The summed E-state index contributed by atoms with van der Waals surface area (Å²) >= 11 is 0. The van der Waals surface area contributed by atoms with Gasteiger partial charge in [0, 0.05) is 11.3 Å². The first-order chi connectivity index (χ1) is 15.9. The van der Waals surface area contributed by atoms with Crippen LogP contribution in [0, 0.1) is 28.8 Å². The van der Waals surface area contributed by atoms with E-state index in [1.165, 1.54) is 42.6 Å². The van der Waals surface area contributed by atoms with Crippen LogP contribution in [0.5, 0.6) is 0 Å². The number of urea groups is 1. The predicted molar refractivity (Wildman–Crippen MR) is 113 cm³/mol. The lowest BCUT2D eigenvalue weighted by Crippen LogP contribution is -2.21. The molecule has 0 fully saturated rings. The van der Waals surface area contributed by atoms with E-state index in [0.29, 0.717) is 5.52 Å². The Balaban J connectivity index is 1.63. The van der Waals surface area contributed by atoms with E-state index in [0.717, 1.165) is 18.2 Å². The number of nitrogens with zero attached hydrogens (tertiary/aromatic N) is 3. The minimum absolute atomic E-state index is 0.0139. The quantitative estimate of drug-likeness (QED) is 0.437. The van der Waals surface area contributed by atoms with E-state index in [1.807, 2.05) is 6.07 Å². The first kappa shape index (κ1) is 21.5. The van der Waals surface area contributed by atoms with Gasteiger partial charge in [-0.25, -0.2) is 22.9 Å². The van der Waals surface area contributed by atoms with Gasteiger partial charge in [-0.2, -0.15) is 5.26 Å². The van der Waals surface area contributed by atoms with Crippen LogP contribution in [0.25, 0.3) is 11.0 Å². The molecule has 7 nitrogen and oxygen atoms in total. The summed E-state index contributed by atoms with van der Waals surface area (Å²) in [4.78, 5) is 33.1. The molecule has 0 bridgehead atoms. The Labute approximate surface area is 184 Å². The molecule has 4 aromatic rings. The number of halogens is 3. The Hall–Kier alpha value is -4.78. The minimum atomic E-state index is -1.29. The third-order valence-corrected chi connectivity index (χ3v) is 4.57. The van der Waals surface area contributed by atoms with Gasteiger partial charge < -0.3 is 10.6 Å². The lowest BCUT2D eigenvalue weighted by molar-refractivity contribution is 0.103. The number of nitriles is 1. The zero-order valence-electron chi connectivity index (χ0n) is 16.6. The molecule has 0 saturated carbocycles. The molecule has 2 amide bonds. The van der Waals surface area contributed by atoms with Crippen LogP contribution < -0.4 is 10.6 Å². The zero-order valence-corrected chi connectivity index (χ0v) is 16.6. The third kappa shape index (κ3) is 4.47. The van der Waals surface area contributed by atoms with Crippen LogP contribution in [0.2, 0.25) is 0 Å². The van der Waals surface area contributed by atoms with E-state index in [1.54, 1.807) is 0 Å². The van der Waals surface area contributed by atoms with Gasteiger partial charge in [0.25, 0.3) is 0 Å². The second-order valence-electron chi connectivity index (χ2n) is 6.77. The topological polar surface area (TPSA) is 108 Å². The number of carbonyl (C=O) groups is 2. The Morgan fingerprint density at radius 3 is 2.52 bits per heavy atom. The van der Waals surface area contributed by atoms with Crippen molar-refractivity contribution < 1.29 is 22.8 Å². The minimum Gasteiger partial charge on any atom is -0.308 e. The third-order valence-electron chi connectivity index (χ3n) is 4.57. The van der Waals surface area contributed by atoms with Gasteiger partial charge in [0.05, 0.1) is 28.5 Å². The Morgan fingerprint density at radius 1 is 0.939 bits per heavy atom. The van der Waals surface area contributed by atoms with E-state index in [4.69, 9.17) is 5.26 Å². The monoisotopic (exact) mass is 447 g/mol. The molecule has 0 aliphatic heterocycles. The lowest BCUT2D eigenvalue weighted by atomic mass is 10.0. The van der Waals surface area contributed by atoms with Crippen LogP contribution in [0.4, 0.5) is 29.3 Å². The zero-order chi connectivity index (χ0) is 23.5. The van der Waals surface area contributed by atoms with Crippen molar-refractivity contribution in [3.05, 3.63) is 95.1 Å². The highest BCUT2D eigenvalue weighted by atomic mass is 19.1. The van der Waals surface area contributed by atoms with Gasteiger partial charge >= 0.3 is 6.03 Å². The van der Waals surface area contributed by atoms with Gasteiger partial charge in [-0.05, 0) is 48.5 Å². The number of amides is 2. The molecular formula is C23H12F3N5O2. The second kappa shape index (κ2) is 8.76. The van der Waals surface area contributed by atoms with Gasteiger partial charge in [0.2, 0.25) is 0 Å². The normalized spacial score (nSPS) is 10.5. The van der Waals surface area contributed by atoms with Crippen LogP contribution in [0.1, 0.15) is 21.6 Å². The molecule has 0 aliphatic carbocycles. The molecule has 0 radical (unpaired) electrons. The maximum absolute atomic E-state index is 15.0. The van der Waals surface area contributed by atoms with Gasteiger partial charge in [-0.3, -0.25) is 9.78 Å². The standard InChI is InChI=1S/C23H12F3N5O2/c24-13-2-1-3-14(9-13)30-23(33)31-18-7-5-16(25)20(21(18)26)22(32)12-4-6-17-19(8-12)29-15(10-27)11-28-17/h1-9,11H,(H2,30,31,33). The van der Waals surface area contributed by atoms with Crippen LogP contribution in [-0.4, -0.2) is 21.8 Å². The van der Waals surface area contributed by atoms with Crippen LogP contribution >= 0.6 is 0 Å². The molecule has 1 heterocycles. The van der Waals surface area contributed by atoms with E-state index in [9.17, 15) is 18.4 Å². The summed E-state index contributed by atoms with van der Waals surface area (Å²) in [5.74, 6) is -4.00. The van der Waals surface area contributed by atoms with Crippen molar-refractivity contribution in [2.24, 2.45) is 0 Å². The van der Waals surface area contributed by atoms with Crippen molar-refractivity contribution in [2.75, 3.05) is 10.6 Å². The summed E-state index contributed by atoms with van der Waals surface area (Å²) in [5, 5.41) is 13.4. The average molecular weight is 447 g/mol. The van der Waals surface area contributed by atoms with Crippen LogP contribution in [0.15, 0.2) is 60.8 Å². The van der Waals surface area contributed by atoms with Gasteiger partial charge in [0.1, 0.15) is 17.7 Å². The Bertz CT molecular complexity index is 1470. The van der Waals surface area contributed by atoms with Crippen molar-refractivity contribution >= 4 is 34.2 Å². The number of nitrogens with one attached hydrogen (secondary N) is 2. The number of aromatic nitrogens is 2. The van der Waals surface area contributed by atoms with E-state index < -0.39 is 40.5 Å². The highest BCUT2D eigenvalue weighted by Crippen LogP contribution is 2.25. The molecule has 4 rings (SSSR count). The molecule has 162 valence electrons. The lowest BCUT2D eigenvalue weighted by Gasteiger charge is -2.12. The van der Waals surface area contributed by atoms with E-state index in [2.05, 4.69) is 20.6 Å². The average Bonchev–Trinajstić information content (AvgIpc) is 2.80. The number of hydrogen-bond acceptors (Lipinski definition) is 5. The molecule has 33 heavy (non-hydrogen) atoms. The summed E-state index contributed by atoms with van der Waals surface area (Å²) in [5.41, 5.74) is -0.727. The van der Waals surface area contributed by atoms with Crippen LogP contribution in [0.3, 0.4) is 0 Å². The summed E-state index contributed by atoms with van der Waals surface area (Å²) in [6, 6.07) is 11.7. The van der Waals surface area contributed by atoms with Gasteiger partial charge in [-0.1, -0.05) is 6.07 Å². The number of rotatable bonds is 4. The fourth-order valence-corrected chi connectivity index (χ4v) is 3.06. The predicted octanol–water partition coefficient (Wildman–Crippen LogP) is 4.79. The van der Waals surface area contributed by atoms with Crippen molar-refractivity contribution in [2.45, 2.75) is 0 Å². The Morgan fingerprint density at radius 2 is 1.76 bits per heavy atom. The van der Waals surface area contributed by atoms with E-state index >= 15 is 4.39 Å². The summed E-state index contributed by atoms with van der Waals surface area (Å²) in [7, 11) is 0. The molecule has 0 aliphatic rings. The molecule has 1 aromatic heterocycles. The van der Waals surface area contributed by atoms with Gasteiger partial charge in [-0.15, -0.1) is 0 Å². The Kier molecular flexibility index (Phi) is 5.69. The first-order valence-corrected chi connectivity index (χ1v) is 9.39. The van der Waals surface area contributed by atoms with Crippen molar-refractivity contribution in [3.63, 3.8) is 0 Å². The summed E-state index contributed by atoms with van der Waals surface area (Å²) in [6.07, 6.45) is 1.26. The van der Waals surface area contributed by atoms with Crippen molar-refractivity contribution in [3.8, 4) is 6.07 Å². The number of anilines is 2.